The quantitative estimate of drug-likeness (QED) is 0.731. The number of oxazole rings is 1. The first-order chi connectivity index (χ1) is 12.3. The average molecular weight is 339 g/mol. The lowest BCUT2D eigenvalue weighted by molar-refractivity contribution is 0.538. The number of hydrogen-bond donors (Lipinski definition) is 0. The highest BCUT2D eigenvalue weighted by atomic mass is 19.1. The Hall–Kier alpha value is -2.70. The number of halogens is 1. The van der Waals surface area contributed by atoms with E-state index in [0.717, 1.165) is 37.7 Å². The normalized spacial score (nSPS) is 18.1. The lowest BCUT2D eigenvalue weighted by atomic mass is 10.2. The van der Waals surface area contributed by atoms with Gasteiger partial charge in [0.1, 0.15) is 23.5 Å². The van der Waals surface area contributed by atoms with Crippen LogP contribution in [0, 0.1) is 5.82 Å². The van der Waals surface area contributed by atoms with Gasteiger partial charge in [-0.3, -0.25) is 0 Å². The van der Waals surface area contributed by atoms with Crippen LogP contribution in [-0.2, 0) is 0 Å². The summed E-state index contributed by atoms with van der Waals surface area (Å²) in [6.07, 6.45) is 4.15. The number of anilines is 2. The third-order valence-corrected chi connectivity index (χ3v) is 4.88. The molecule has 5 rings (SSSR count). The Bertz CT molecular complexity index is 915. The summed E-state index contributed by atoms with van der Waals surface area (Å²) in [6, 6.07) is 7.10. The summed E-state index contributed by atoms with van der Waals surface area (Å²) >= 11 is 0. The smallest absolute Gasteiger partial charge is 0.298 e. The molecule has 0 radical (unpaired) electrons. The molecular formula is C18H18FN5O. The minimum Gasteiger partial charge on any atom is -0.423 e. The third-order valence-electron chi connectivity index (χ3n) is 4.88. The largest absolute Gasteiger partial charge is 0.423 e. The van der Waals surface area contributed by atoms with Crippen molar-refractivity contribution in [2.24, 2.45) is 0 Å². The molecule has 25 heavy (non-hydrogen) atoms. The van der Waals surface area contributed by atoms with Crippen molar-refractivity contribution < 1.29 is 8.81 Å². The molecule has 1 aliphatic heterocycles. The first-order valence-electron chi connectivity index (χ1n) is 8.64. The molecule has 1 saturated heterocycles. The van der Waals surface area contributed by atoms with Gasteiger partial charge in [-0.25, -0.2) is 14.4 Å². The first kappa shape index (κ1) is 14.6. The van der Waals surface area contributed by atoms with E-state index in [2.05, 4.69) is 30.8 Å². The molecular weight excluding hydrogens is 321 g/mol. The second kappa shape index (κ2) is 5.68. The zero-order valence-electron chi connectivity index (χ0n) is 13.7. The topological polar surface area (TPSA) is 58.3 Å². The van der Waals surface area contributed by atoms with Crippen LogP contribution in [0.4, 0.5) is 16.2 Å². The fraction of sp³-hybridized carbons (Fsp3) is 0.389. The van der Waals surface area contributed by atoms with Crippen LogP contribution in [0.1, 0.15) is 24.5 Å². The van der Waals surface area contributed by atoms with Gasteiger partial charge in [0.15, 0.2) is 5.58 Å². The van der Waals surface area contributed by atoms with Crippen LogP contribution < -0.4 is 9.80 Å². The van der Waals surface area contributed by atoms with E-state index in [1.165, 1.54) is 25.0 Å². The number of nitrogens with zero attached hydrogens (tertiary/aromatic N) is 5. The molecule has 7 heteroatoms. The van der Waals surface area contributed by atoms with Crippen molar-refractivity contribution in [1.29, 1.82) is 0 Å². The lowest BCUT2D eigenvalue weighted by Gasteiger charge is -2.34. The van der Waals surface area contributed by atoms with Gasteiger partial charge >= 0.3 is 0 Å². The predicted octanol–water partition coefficient (Wildman–Crippen LogP) is 2.96. The molecule has 2 fully saturated rings. The molecule has 0 amide bonds. The minimum atomic E-state index is -0.310. The van der Waals surface area contributed by atoms with Crippen LogP contribution in [0.3, 0.4) is 0 Å². The van der Waals surface area contributed by atoms with Gasteiger partial charge in [-0.2, -0.15) is 4.98 Å². The molecule has 0 bridgehead atoms. The predicted molar refractivity (Wildman–Crippen MR) is 92.4 cm³/mol. The Kier molecular flexibility index (Phi) is 3.33. The zero-order chi connectivity index (χ0) is 16.8. The SMILES string of the molecule is Fc1ccc2nc(N3CCN(c4cc(C5CC5)ncn4)CC3)oc2c1. The van der Waals surface area contributed by atoms with Gasteiger partial charge < -0.3 is 14.2 Å². The highest BCUT2D eigenvalue weighted by Crippen LogP contribution is 2.39. The van der Waals surface area contributed by atoms with E-state index < -0.39 is 0 Å². The Morgan fingerprint density at radius 3 is 2.60 bits per heavy atom. The van der Waals surface area contributed by atoms with Crippen molar-refractivity contribution in [3.8, 4) is 0 Å². The van der Waals surface area contributed by atoms with E-state index in [9.17, 15) is 4.39 Å². The maximum Gasteiger partial charge on any atom is 0.298 e. The van der Waals surface area contributed by atoms with Gasteiger partial charge in [0.25, 0.3) is 6.01 Å². The van der Waals surface area contributed by atoms with Crippen molar-refractivity contribution in [1.82, 2.24) is 15.0 Å². The van der Waals surface area contributed by atoms with Crippen molar-refractivity contribution in [2.75, 3.05) is 36.0 Å². The fourth-order valence-corrected chi connectivity index (χ4v) is 3.29. The van der Waals surface area contributed by atoms with Crippen LogP contribution in [0.5, 0.6) is 0 Å². The molecule has 1 saturated carbocycles. The molecule has 3 aromatic rings. The van der Waals surface area contributed by atoms with Gasteiger partial charge in [0.2, 0.25) is 0 Å². The Labute approximate surface area is 144 Å². The standard InChI is InChI=1S/C18H18FN5O/c19-13-3-4-14-16(9-13)25-18(22-14)24-7-5-23(6-8-24)17-10-15(12-1-2-12)20-11-21-17/h3-4,9-12H,1-2,5-8H2. The Balaban J connectivity index is 1.31. The number of rotatable bonds is 3. The van der Waals surface area contributed by atoms with Gasteiger partial charge in [-0.15, -0.1) is 0 Å². The van der Waals surface area contributed by atoms with Crippen molar-refractivity contribution in [2.45, 2.75) is 18.8 Å². The van der Waals surface area contributed by atoms with Gasteiger partial charge in [-0.1, -0.05) is 0 Å². The third kappa shape index (κ3) is 2.79. The minimum absolute atomic E-state index is 0.310. The summed E-state index contributed by atoms with van der Waals surface area (Å²) in [5.41, 5.74) is 2.33. The van der Waals surface area contributed by atoms with Crippen molar-refractivity contribution >= 4 is 22.9 Å². The van der Waals surface area contributed by atoms with E-state index in [0.29, 0.717) is 23.0 Å². The number of aromatic nitrogens is 3. The van der Waals surface area contributed by atoms with E-state index in [4.69, 9.17) is 4.42 Å². The number of benzene rings is 1. The molecule has 0 unspecified atom stereocenters. The number of hydrogen-bond acceptors (Lipinski definition) is 6. The van der Waals surface area contributed by atoms with Gasteiger partial charge in [-0.05, 0) is 25.0 Å². The molecule has 2 aliphatic rings. The fourth-order valence-electron chi connectivity index (χ4n) is 3.29. The molecule has 6 nitrogen and oxygen atoms in total. The van der Waals surface area contributed by atoms with E-state index in [1.807, 2.05) is 0 Å². The van der Waals surface area contributed by atoms with Crippen LogP contribution in [0.25, 0.3) is 11.1 Å². The van der Waals surface area contributed by atoms with Crippen molar-refractivity contribution in [3.63, 3.8) is 0 Å². The molecule has 0 spiro atoms. The monoisotopic (exact) mass is 339 g/mol. The van der Waals surface area contributed by atoms with E-state index in [-0.39, 0.29) is 5.82 Å². The van der Waals surface area contributed by atoms with Crippen LogP contribution in [-0.4, -0.2) is 41.1 Å². The summed E-state index contributed by atoms with van der Waals surface area (Å²) in [4.78, 5) is 17.7. The average Bonchev–Trinajstić information content (AvgIpc) is 3.42. The maximum atomic E-state index is 13.3. The molecule has 0 atom stereocenters. The number of piperazine rings is 1. The van der Waals surface area contributed by atoms with Crippen LogP contribution >= 0.6 is 0 Å². The van der Waals surface area contributed by atoms with Crippen LogP contribution in [0.15, 0.2) is 35.0 Å². The van der Waals surface area contributed by atoms with E-state index in [1.54, 1.807) is 12.4 Å². The number of fused-ring (bicyclic) bond motifs is 1. The maximum absolute atomic E-state index is 13.3. The molecule has 0 N–H and O–H groups in total. The zero-order valence-corrected chi connectivity index (χ0v) is 13.7. The van der Waals surface area contributed by atoms with E-state index >= 15 is 0 Å². The first-order valence-corrected chi connectivity index (χ1v) is 8.64. The van der Waals surface area contributed by atoms with Crippen LogP contribution in [0.2, 0.25) is 0 Å². The summed E-state index contributed by atoms with van der Waals surface area (Å²) in [5, 5.41) is 0. The molecule has 128 valence electrons. The second-order valence-corrected chi connectivity index (χ2v) is 6.66. The molecule has 1 aromatic carbocycles. The van der Waals surface area contributed by atoms with Crippen molar-refractivity contribution in [3.05, 3.63) is 42.1 Å². The lowest BCUT2D eigenvalue weighted by Crippen LogP contribution is -2.47. The summed E-state index contributed by atoms with van der Waals surface area (Å²) in [5.74, 6) is 1.31. The van der Waals surface area contributed by atoms with Gasteiger partial charge in [0.05, 0.1) is 0 Å². The summed E-state index contributed by atoms with van der Waals surface area (Å²) in [6.45, 7) is 3.26. The van der Waals surface area contributed by atoms with Gasteiger partial charge in [0, 0.05) is 49.9 Å². The summed E-state index contributed by atoms with van der Waals surface area (Å²) in [7, 11) is 0. The highest BCUT2D eigenvalue weighted by Gasteiger charge is 2.27. The molecule has 2 aromatic heterocycles. The molecule has 1 aliphatic carbocycles. The Morgan fingerprint density at radius 1 is 1.00 bits per heavy atom. The second-order valence-electron chi connectivity index (χ2n) is 6.66. The summed E-state index contributed by atoms with van der Waals surface area (Å²) < 4.78 is 19.0. The molecule has 3 heterocycles. The Morgan fingerprint density at radius 2 is 1.80 bits per heavy atom. The highest BCUT2D eigenvalue weighted by molar-refractivity contribution is 5.74.